The minimum absolute atomic E-state index is 0.0448. The maximum Gasteiger partial charge on any atom is 0.312 e. The van der Waals surface area contributed by atoms with E-state index in [9.17, 15) is 9.59 Å². The van der Waals surface area contributed by atoms with Crippen molar-refractivity contribution in [2.75, 3.05) is 19.7 Å². The quantitative estimate of drug-likeness (QED) is 0.559. The summed E-state index contributed by atoms with van der Waals surface area (Å²) in [6.45, 7) is 5.52. The van der Waals surface area contributed by atoms with Crippen LogP contribution in [-0.2, 0) is 19.1 Å². The highest BCUT2D eigenvalue weighted by molar-refractivity contribution is 5.91. The molecule has 20 heavy (non-hydrogen) atoms. The predicted molar refractivity (Wildman–Crippen MR) is 71.8 cm³/mol. The molecule has 0 radical (unpaired) electrons. The van der Waals surface area contributed by atoms with Crippen LogP contribution in [0.5, 0.6) is 0 Å². The molecule has 0 aliphatic carbocycles. The summed E-state index contributed by atoms with van der Waals surface area (Å²) < 4.78 is 11.1. The summed E-state index contributed by atoms with van der Waals surface area (Å²) in [7, 11) is 0. The van der Waals surface area contributed by atoms with Crippen LogP contribution in [0.2, 0.25) is 0 Å². The van der Waals surface area contributed by atoms with Crippen molar-refractivity contribution in [2.45, 2.75) is 38.4 Å². The van der Waals surface area contributed by atoms with Crippen molar-refractivity contribution in [1.82, 2.24) is 4.90 Å². The van der Waals surface area contributed by atoms with E-state index in [-0.39, 0.29) is 18.0 Å². The minimum Gasteiger partial charge on any atom is -0.466 e. The maximum atomic E-state index is 12.6. The Hall–Kier alpha value is -1.36. The van der Waals surface area contributed by atoms with Crippen molar-refractivity contribution < 1.29 is 19.1 Å². The fraction of sp³-hybridized carbons (Fsp3) is 0.733. The van der Waals surface area contributed by atoms with Gasteiger partial charge in [0, 0.05) is 6.54 Å². The van der Waals surface area contributed by atoms with Gasteiger partial charge in [-0.3, -0.25) is 9.59 Å². The van der Waals surface area contributed by atoms with E-state index in [0.29, 0.717) is 13.2 Å². The van der Waals surface area contributed by atoms with E-state index in [1.165, 1.54) is 0 Å². The largest absolute Gasteiger partial charge is 0.466 e. The molecule has 0 N–H and O–H groups in total. The maximum absolute atomic E-state index is 12.6. The molecule has 4 atom stereocenters. The zero-order valence-electron chi connectivity index (χ0n) is 12.0. The number of esters is 1. The standard InChI is InChI=1S/C15H21NO4/c1-3-5-8-16-9-15-7-6-10(20-15)11(12(15)13(16)17)14(18)19-4-2/h6-7,10-12H,3-5,8-9H2,1-2H3/t10-,11+,12+,15-/m1/s1. The van der Waals surface area contributed by atoms with Gasteiger partial charge < -0.3 is 14.4 Å². The van der Waals surface area contributed by atoms with E-state index in [1.807, 2.05) is 17.1 Å². The minimum atomic E-state index is -0.590. The number of carbonyl (C=O) groups is 2. The molecule has 0 saturated carbocycles. The molecule has 110 valence electrons. The Bertz CT molecular complexity index is 461. The molecule has 5 heteroatoms. The van der Waals surface area contributed by atoms with Gasteiger partial charge in [0.05, 0.1) is 25.2 Å². The average Bonchev–Trinajstić information content (AvgIpc) is 3.05. The molecule has 2 fully saturated rings. The zero-order chi connectivity index (χ0) is 14.3. The lowest BCUT2D eigenvalue weighted by atomic mass is 9.77. The summed E-state index contributed by atoms with van der Waals surface area (Å²) >= 11 is 0. The third kappa shape index (κ3) is 1.79. The van der Waals surface area contributed by atoms with Crippen LogP contribution >= 0.6 is 0 Å². The van der Waals surface area contributed by atoms with Crippen LogP contribution in [0.25, 0.3) is 0 Å². The van der Waals surface area contributed by atoms with Gasteiger partial charge in [0.25, 0.3) is 0 Å². The first-order valence-corrected chi connectivity index (χ1v) is 7.45. The van der Waals surface area contributed by atoms with Gasteiger partial charge in [-0.1, -0.05) is 25.5 Å². The van der Waals surface area contributed by atoms with Gasteiger partial charge >= 0.3 is 5.97 Å². The number of fused-ring (bicyclic) bond motifs is 1. The fourth-order valence-corrected chi connectivity index (χ4v) is 3.62. The molecule has 0 aromatic heterocycles. The van der Waals surface area contributed by atoms with Gasteiger partial charge in [0.15, 0.2) is 0 Å². The van der Waals surface area contributed by atoms with E-state index >= 15 is 0 Å². The summed E-state index contributed by atoms with van der Waals surface area (Å²) in [6, 6.07) is 0. The normalized spacial score (nSPS) is 37.6. The summed E-state index contributed by atoms with van der Waals surface area (Å²) in [4.78, 5) is 26.6. The molecule has 0 aromatic rings. The van der Waals surface area contributed by atoms with Gasteiger partial charge in [-0.05, 0) is 13.3 Å². The van der Waals surface area contributed by atoms with Crippen LogP contribution in [-0.4, -0.2) is 48.2 Å². The molecular weight excluding hydrogens is 258 g/mol. The van der Waals surface area contributed by atoms with Gasteiger partial charge in [0.2, 0.25) is 5.91 Å². The molecule has 0 unspecified atom stereocenters. The topological polar surface area (TPSA) is 55.8 Å². The number of hydrogen-bond acceptors (Lipinski definition) is 4. The first kappa shape index (κ1) is 13.6. The van der Waals surface area contributed by atoms with Crippen LogP contribution < -0.4 is 0 Å². The van der Waals surface area contributed by atoms with Crippen molar-refractivity contribution in [1.29, 1.82) is 0 Å². The van der Waals surface area contributed by atoms with Crippen molar-refractivity contribution >= 4 is 11.9 Å². The van der Waals surface area contributed by atoms with Gasteiger partial charge in [-0.15, -0.1) is 0 Å². The summed E-state index contributed by atoms with van der Waals surface area (Å²) in [5.41, 5.74) is -0.590. The Kier molecular flexibility index (Phi) is 3.32. The fourth-order valence-electron chi connectivity index (χ4n) is 3.62. The first-order valence-electron chi connectivity index (χ1n) is 7.45. The number of likely N-dealkylation sites (tertiary alicyclic amines) is 1. The van der Waals surface area contributed by atoms with Crippen LogP contribution in [0.3, 0.4) is 0 Å². The number of amides is 1. The smallest absolute Gasteiger partial charge is 0.312 e. The van der Waals surface area contributed by atoms with Crippen molar-refractivity contribution in [3.63, 3.8) is 0 Å². The highest BCUT2D eigenvalue weighted by Gasteiger charge is 2.67. The molecule has 2 saturated heterocycles. The van der Waals surface area contributed by atoms with Crippen molar-refractivity contribution in [3.05, 3.63) is 12.2 Å². The molecule has 3 aliphatic heterocycles. The lowest BCUT2D eigenvalue weighted by Gasteiger charge is -2.22. The molecule has 1 spiro atoms. The van der Waals surface area contributed by atoms with Crippen molar-refractivity contribution in [2.24, 2.45) is 11.8 Å². The molecule has 5 nitrogen and oxygen atoms in total. The second kappa shape index (κ2) is 4.88. The SMILES string of the molecule is CCCCN1C[C@@]23C=C[C@@H](O2)[C@H](C(=O)OCC)[C@H]3C1=O. The zero-order valence-corrected chi connectivity index (χ0v) is 12.0. The predicted octanol–water partition coefficient (Wildman–Crippen LogP) is 1.13. The second-order valence-electron chi connectivity index (χ2n) is 5.77. The van der Waals surface area contributed by atoms with E-state index in [1.54, 1.807) is 6.92 Å². The van der Waals surface area contributed by atoms with Gasteiger partial charge in [0.1, 0.15) is 11.5 Å². The van der Waals surface area contributed by atoms with Crippen LogP contribution in [0.15, 0.2) is 12.2 Å². The van der Waals surface area contributed by atoms with E-state index in [2.05, 4.69) is 6.92 Å². The lowest BCUT2D eigenvalue weighted by molar-refractivity contribution is -0.153. The number of ether oxygens (including phenoxy) is 2. The Balaban J connectivity index is 1.83. The number of rotatable bonds is 5. The van der Waals surface area contributed by atoms with Crippen LogP contribution in [0.4, 0.5) is 0 Å². The van der Waals surface area contributed by atoms with E-state index in [0.717, 1.165) is 19.4 Å². The summed E-state index contributed by atoms with van der Waals surface area (Å²) in [5.74, 6) is -1.13. The summed E-state index contributed by atoms with van der Waals surface area (Å²) in [5, 5.41) is 0. The number of hydrogen-bond donors (Lipinski definition) is 0. The van der Waals surface area contributed by atoms with Gasteiger partial charge in [-0.25, -0.2) is 0 Å². The Labute approximate surface area is 118 Å². The number of unbranched alkanes of at least 4 members (excludes halogenated alkanes) is 1. The Morgan fingerprint density at radius 2 is 2.35 bits per heavy atom. The lowest BCUT2D eigenvalue weighted by Crippen LogP contribution is -2.40. The molecule has 3 rings (SSSR count). The molecule has 0 aromatic carbocycles. The summed E-state index contributed by atoms with van der Waals surface area (Å²) in [6.07, 6.45) is 5.61. The molecule has 3 aliphatic rings. The van der Waals surface area contributed by atoms with Crippen LogP contribution in [0, 0.1) is 11.8 Å². The Morgan fingerprint density at radius 3 is 3.05 bits per heavy atom. The Morgan fingerprint density at radius 1 is 1.55 bits per heavy atom. The molecule has 3 heterocycles. The van der Waals surface area contributed by atoms with Gasteiger partial charge in [-0.2, -0.15) is 0 Å². The highest BCUT2D eigenvalue weighted by Crippen LogP contribution is 2.52. The number of nitrogens with zero attached hydrogens (tertiary/aromatic N) is 1. The average molecular weight is 279 g/mol. The second-order valence-corrected chi connectivity index (χ2v) is 5.77. The molecule has 1 amide bonds. The third-order valence-electron chi connectivity index (χ3n) is 4.52. The molecular formula is C15H21NO4. The number of carbonyl (C=O) groups excluding carboxylic acids is 2. The third-order valence-corrected chi connectivity index (χ3v) is 4.52. The monoisotopic (exact) mass is 279 g/mol. The van der Waals surface area contributed by atoms with E-state index < -0.39 is 17.4 Å². The van der Waals surface area contributed by atoms with E-state index in [4.69, 9.17) is 9.47 Å². The highest BCUT2D eigenvalue weighted by atomic mass is 16.6. The van der Waals surface area contributed by atoms with Crippen molar-refractivity contribution in [3.8, 4) is 0 Å². The molecule has 2 bridgehead atoms. The van der Waals surface area contributed by atoms with Crippen LogP contribution in [0.1, 0.15) is 26.7 Å². The first-order chi connectivity index (χ1) is 9.63.